The fourth-order valence-electron chi connectivity index (χ4n) is 5.18. The van der Waals surface area contributed by atoms with Gasteiger partial charge in [0, 0.05) is 11.1 Å². The SMILES string of the molecule is COc1ccc(OC)c([C@@]2(O)c3ccc4[nH]c(C)c(OC)c(=O)c4c3[C@@H]3CC[C@H]2O3)c1. The van der Waals surface area contributed by atoms with E-state index in [0.29, 0.717) is 57.6 Å². The Kier molecular flexibility index (Phi) is 4.50. The molecule has 3 heterocycles. The summed E-state index contributed by atoms with van der Waals surface area (Å²) in [5.41, 5.74) is 1.55. The van der Waals surface area contributed by atoms with Gasteiger partial charge >= 0.3 is 0 Å². The molecule has 2 aromatic carbocycles. The Morgan fingerprint density at radius 1 is 1.06 bits per heavy atom. The van der Waals surface area contributed by atoms with Gasteiger partial charge < -0.3 is 29.0 Å². The number of benzene rings is 2. The van der Waals surface area contributed by atoms with Gasteiger partial charge in [-0.1, -0.05) is 6.07 Å². The van der Waals surface area contributed by atoms with Crippen LogP contribution in [0.1, 0.15) is 41.3 Å². The van der Waals surface area contributed by atoms with Crippen molar-refractivity contribution in [2.45, 2.75) is 37.6 Å². The number of fused-ring (bicyclic) bond motifs is 6. The molecule has 1 fully saturated rings. The van der Waals surface area contributed by atoms with Gasteiger partial charge in [-0.05, 0) is 49.6 Å². The van der Waals surface area contributed by atoms with Gasteiger partial charge in [0.2, 0.25) is 5.43 Å². The van der Waals surface area contributed by atoms with Crippen LogP contribution in [0.15, 0.2) is 35.1 Å². The molecule has 7 nitrogen and oxygen atoms in total. The van der Waals surface area contributed by atoms with Crippen molar-refractivity contribution in [3.8, 4) is 17.2 Å². The van der Waals surface area contributed by atoms with E-state index in [1.165, 1.54) is 7.11 Å². The Balaban J connectivity index is 1.87. The topological polar surface area (TPSA) is 90.0 Å². The number of nitrogens with one attached hydrogen (secondary N) is 1. The molecule has 0 amide bonds. The number of pyridine rings is 1. The molecule has 0 aliphatic carbocycles. The molecule has 2 aliphatic rings. The van der Waals surface area contributed by atoms with Gasteiger partial charge in [-0.2, -0.15) is 0 Å². The van der Waals surface area contributed by atoms with Crippen LogP contribution >= 0.6 is 0 Å². The van der Waals surface area contributed by atoms with Crippen molar-refractivity contribution in [2.75, 3.05) is 21.3 Å². The Hall–Kier alpha value is -3.03. The number of H-pyrrole nitrogens is 1. The second-order valence-corrected chi connectivity index (χ2v) is 8.09. The Labute approximate surface area is 179 Å². The molecule has 2 bridgehead atoms. The lowest BCUT2D eigenvalue weighted by atomic mass is 9.77. The first-order valence-electron chi connectivity index (χ1n) is 10.3. The summed E-state index contributed by atoms with van der Waals surface area (Å²) in [6, 6.07) is 9.05. The second-order valence-electron chi connectivity index (χ2n) is 8.09. The van der Waals surface area contributed by atoms with Crippen LogP contribution in [0, 0.1) is 6.92 Å². The monoisotopic (exact) mass is 423 g/mol. The van der Waals surface area contributed by atoms with Crippen LogP contribution in [0.4, 0.5) is 0 Å². The van der Waals surface area contributed by atoms with Crippen LogP contribution in [0.25, 0.3) is 10.9 Å². The minimum atomic E-state index is -1.50. The summed E-state index contributed by atoms with van der Waals surface area (Å²) in [6.07, 6.45) is 0.628. The summed E-state index contributed by atoms with van der Waals surface area (Å²) < 4.78 is 22.7. The number of aryl methyl sites for hydroxylation is 1. The third-order valence-corrected chi connectivity index (χ3v) is 6.58. The Bertz CT molecular complexity index is 1250. The van der Waals surface area contributed by atoms with Gasteiger partial charge in [0.1, 0.15) is 17.1 Å². The molecular formula is C24H25NO6. The largest absolute Gasteiger partial charge is 0.497 e. The summed E-state index contributed by atoms with van der Waals surface area (Å²) in [4.78, 5) is 16.6. The van der Waals surface area contributed by atoms with Crippen molar-refractivity contribution >= 4 is 10.9 Å². The first kappa shape index (κ1) is 19.9. The molecular weight excluding hydrogens is 398 g/mol. The number of aliphatic hydroxyl groups is 1. The van der Waals surface area contributed by atoms with E-state index in [4.69, 9.17) is 18.9 Å². The molecule has 3 atom stereocenters. The molecule has 162 valence electrons. The highest BCUT2D eigenvalue weighted by Crippen LogP contribution is 2.55. The normalized spacial score (nSPS) is 24.2. The quantitative estimate of drug-likeness (QED) is 0.669. The molecule has 0 radical (unpaired) electrons. The number of methoxy groups -OCH3 is 3. The summed E-state index contributed by atoms with van der Waals surface area (Å²) in [6.45, 7) is 1.80. The van der Waals surface area contributed by atoms with E-state index in [1.807, 2.05) is 12.1 Å². The summed E-state index contributed by atoms with van der Waals surface area (Å²) >= 11 is 0. The maximum Gasteiger partial charge on any atom is 0.231 e. The number of rotatable bonds is 4. The summed E-state index contributed by atoms with van der Waals surface area (Å²) in [5.74, 6) is 1.39. The van der Waals surface area contributed by atoms with Crippen LogP contribution in [0.3, 0.4) is 0 Å². The fraction of sp³-hybridized carbons (Fsp3) is 0.375. The van der Waals surface area contributed by atoms with Crippen molar-refractivity contribution in [3.05, 3.63) is 62.9 Å². The lowest BCUT2D eigenvalue weighted by molar-refractivity contribution is -0.102. The van der Waals surface area contributed by atoms with Gasteiger partial charge in [0.05, 0.1) is 50.1 Å². The first-order chi connectivity index (χ1) is 14.9. The van der Waals surface area contributed by atoms with E-state index in [1.54, 1.807) is 39.3 Å². The van der Waals surface area contributed by atoms with Gasteiger partial charge in [-0.25, -0.2) is 0 Å². The molecule has 1 aromatic heterocycles. The third kappa shape index (κ3) is 2.63. The highest BCUT2D eigenvalue weighted by Gasteiger charge is 2.53. The van der Waals surface area contributed by atoms with Crippen LogP contribution in [-0.4, -0.2) is 37.5 Å². The molecule has 0 spiro atoms. The molecule has 2 aliphatic heterocycles. The first-order valence-corrected chi connectivity index (χ1v) is 10.3. The van der Waals surface area contributed by atoms with Crippen LogP contribution in [0.2, 0.25) is 0 Å². The molecule has 5 rings (SSSR count). The Morgan fingerprint density at radius 3 is 2.58 bits per heavy atom. The highest BCUT2D eigenvalue weighted by atomic mass is 16.5. The molecule has 0 unspecified atom stereocenters. The van der Waals surface area contributed by atoms with Crippen molar-refractivity contribution in [3.63, 3.8) is 0 Å². The number of ether oxygens (including phenoxy) is 4. The van der Waals surface area contributed by atoms with Gasteiger partial charge in [0.25, 0.3) is 0 Å². The predicted octanol–water partition coefficient (Wildman–Crippen LogP) is 3.33. The third-order valence-electron chi connectivity index (χ3n) is 6.58. The zero-order chi connectivity index (χ0) is 21.9. The average molecular weight is 423 g/mol. The summed E-state index contributed by atoms with van der Waals surface area (Å²) in [7, 11) is 4.63. The molecule has 1 saturated heterocycles. The van der Waals surface area contributed by atoms with E-state index in [2.05, 4.69) is 4.98 Å². The van der Waals surface area contributed by atoms with Gasteiger partial charge in [-0.15, -0.1) is 0 Å². The van der Waals surface area contributed by atoms with Crippen molar-refractivity contribution < 1.29 is 24.1 Å². The minimum absolute atomic E-state index is 0.209. The number of hydrogen-bond donors (Lipinski definition) is 2. The maximum atomic E-state index is 13.4. The lowest BCUT2D eigenvalue weighted by Gasteiger charge is -2.41. The van der Waals surface area contributed by atoms with Gasteiger partial charge in [-0.3, -0.25) is 4.79 Å². The molecule has 3 aromatic rings. The lowest BCUT2D eigenvalue weighted by Crippen LogP contribution is -2.44. The van der Waals surface area contributed by atoms with Crippen molar-refractivity contribution in [2.24, 2.45) is 0 Å². The number of aromatic nitrogens is 1. The van der Waals surface area contributed by atoms with Crippen molar-refractivity contribution in [1.29, 1.82) is 0 Å². The average Bonchev–Trinajstić information content (AvgIpc) is 3.24. The molecule has 0 saturated carbocycles. The standard InChI is InChI=1S/C24H25NO6/c1-12-23(30-4)22(26)21-16(25-12)7-6-14-20(21)18-9-10-19(31-18)24(14,27)15-11-13(28-2)5-8-17(15)29-3/h5-8,11,18-19,27H,9-10H2,1-4H3,(H,25,26)/t18-,19+,24-/m0/s1. The highest BCUT2D eigenvalue weighted by molar-refractivity contribution is 5.86. The number of hydrogen-bond acceptors (Lipinski definition) is 6. The van der Waals surface area contributed by atoms with Crippen LogP contribution in [0.5, 0.6) is 17.2 Å². The van der Waals surface area contributed by atoms with E-state index in [0.717, 1.165) is 0 Å². The second kappa shape index (κ2) is 7.00. The smallest absolute Gasteiger partial charge is 0.231 e. The zero-order valence-corrected chi connectivity index (χ0v) is 17.9. The fourth-order valence-corrected chi connectivity index (χ4v) is 5.18. The van der Waals surface area contributed by atoms with Crippen LogP contribution in [-0.2, 0) is 10.3 Å². The van der Waals surface area contributed by atoms with E-state index < -0.39 is 11.7 Å². The molecule has 31 heavy (non-hydrogen) atoms. The van der Waals surface area contributed by atoms with E-state index >= 15 is 0 Å². The molecule has 7 heteroatoms. The number of aromatic amines is 1. The zero-order valence-electron chi connectivity index (χ0n) is 17.9. The molecule has 2 N–H and O–H groups in total. The van der Waals surface area contributed by atoms with Crippen molar-refractivity contribution in [1.82, 2.24) is 4.98 Å². The van der Waals surface area contributed by atoms with Gasteiger partial charge in [0.15, 0.2) is 5.75 Å². The van der Waals surface area contributed by atoms with E-state index in [9.17, 15) is 9.90 Å². The maximum absolute atomic E-state index is 13.4. The predicted molar refractivity (Wildman–Crippen MR) is 115 cm³/mol. The summed E-state index contributed by atoms with van der Waals surface area (Å²) in [5, 5.41) is 12.7. The minimum Gasteiger partial charge on any atom is -0.497 e. The van der Waals surface area contributed by atoms with Crippen LogP contribution < -0.4 is 19.6 Å². The van der Waals surface area contributed by atoms with E-state index in [-0.39, 0.29) is 17.3 Å². The Morgan fingerprint density at radius 2 is 1.87 bits per heavy atom.